The van der Waals surface area contributed by atoms with Crippen molar-refractivity contribution in [2.45, 2.75) is 46.1 Å². The van der Waals surface area contributed by atoms with Crippen LogP contribution in [0.3, 0.4) is 0 Å². The van der Waals surface area contributed by atoms with Crippen LogP contribution in [0.15, 0.2) is 0 Å². The first-order valence-corrected chi connectivity index (χ1v) is 7.54. The number of rotatable bonds is 5. The van der Waals surface area contributed by atoms with E-state index in [2.05, 4.69) is 0 Å². The van der Waals surface area contributed by atoms with Crippen LogP contribution >= 0.6 is 0 Å². The van der Waals surface area contributed by atoms with Crippen LogP contribution in [-0.4, -0.2) is 59.5 Å². The van der Waals surface area contributed by atoms with Gasteiger partial charge in [-0.1, -0.05) is 13.8 Å². The summed E-state index contributed by atoms with van der Waals surface area (Å²) in [5, 5.41) is 9.26. The highest BCUT2D eigenvalue weighted by Gasteiger charge is 2.29. The van der Waals surface area contributed by atoms with Crippen molar-refractivity contribution in [3.63, 3.8) is 0 Å². The molecule has 1 fully saturated rings. The van der Waals surface area contributed by atoms with Crippen LogP contribution in [0.4, 0.5) is 0 Å². The van der Waals surface area contributed by atoms with Gasteiger partial charge in [0.2, 0.25) is 11.8 Å². The van der Waals surface area contributed by atoms with E-state index in [4.69, 9.17) is 0 Å². The van der Waals surface area contributed by atoms with E-state index in [1.165, 1.54) is 0 Å². The first-order valence-electron chi connectivity index (χ1n) is 7.54. The number of carbonyl (C=O) groups excluding carboxylic acids is 2. The zero-order valence-electron chi connectivity index (χ0n) is 13.1. The molecule has 1 aliphatic heterocycles. The SMILES string of the molecule is CC(O)CCN(C)C(=O)C1CCN(C(=O)C(C)C)CC1. The summed E-state index contributed by atoms with van der Waals surface area (Å²) < 4.78 is 0. The third-order valence-corrected chi connectivity index (χ3v) is 3.91. The smallest absolute Gasteiger partial charge is 0.225 e. The number of piperidine rings is 1. The molecule has 1 atom stereocenters. The predicted octanol–water partition coefficient (Wildman–Crippen LogP) is 1.11. The number of likely N-dealkylation sites (tertiary alicyclic amines) is 1. The third kappa shape index (κ3) is 4.78. The zero-order chi connectivity index (χ0) is 15.3. The van der Waals surface area contributed by atoms with Crippen LogP contribution in [0, 0.1) is 11.8 Å². The molecular formula is C15H28N2O3. The Morgan fingerprint density at radius 1 is 1.25 bits per heavy atom. The highest BCUT2D eigenvalue weighted by molar-refractivity contribution is 5.80. The van der Waals surface area contributed by atoms with E-state index in [0.717, 1.165) is 12.8 Å². The van der Waals surface area contributed by atoms with Gasteiger partial charge in [0.1, 0.15) is 0 Å². The fourth-order valence-corrected chi connectivity index (χ4v) is 2.51. The first kappa shape index (κ1) is 17.0. The second kappa shape index (κ2) is 7.62. The summed E-state index contributed by atoms with van der Waals surface area (Å²) in [6.45, 7) is 7.48. The molecule has 20 heavy (non-hydrogen) atoms. The monoisotopic (exact) mass is 284 g/mol. The largest absolute Gasteiger partial charge is 0.393 e. The van der Waals surface area contributed by atoms with Crippen LogP contribution in [0.2, 0.25) is 0 Å². The van der Waals surface area contributed by atoms with Gasteiger partial charge >= 0.3 is 0 Å². The molecule has 0 aromatic heterocycles. The molecule has 0 bridgehead atoms. The molecule has 1 heterocycles. The maximum absolute atomic E-state index is 12.3. The molecule has 0 spiro atoms. The predicted molar refractivity (Wildman–Crippen MR) is 78.1 cm³/mol. The maximum atomic E-state index is 12.3. The maximum Gasteiger partial charge on any atom is 0.225 e. The van der Waals surface area contributed by atoms with Crippen LogP contribution in [-0.2, 0) is 9.59 Å². The Labute approximate surface area is 121 Å². The van der Waals surface area contributed by atoms with Crippen LogP contribution in [0.25, 0.3) is 0 Å². The van der Waals surface area contributed by atoms with E-state index in [0.29, 0.717) is 26.1 Å². The number of nitrogens with zero attached hydrogens (tertiary/aromatic N) is 2. The lowest BCUT2D eigenvalue weighted by Gasteiger charge is -2.34. The normalized spacial score (nSPS) is 18.2. The average Bonchev–Trinajstić information content (AvgIpc) is 2.43. The standard InChI is InChI=1S/C15H28N2O3/c1-11(2)14(19)17-9-6-13(7-10-17)15(20)16(4)8-5-12(3)18/h11-13,18H,5-10H2,1-4H3. The number of hydrogen-bond acceptors (Lipinski definition) is 3. The molecule has 1 saturated heterocycles. The summed E-state index contributed by atoms with van der Waals surface area (Å²) in [6, 6.07) is 0. The van der Waals surface area contributed by atoms with Crippen molar-refractivity contribution in [3.05, 3.63) is 0 Å². The molecule has 116 valence electrons. The molecule has 5 nitrogen and oxygen atoms in total. The summed E-state index contributed by atoms with van der Waals surface area (Å²) in [5.74, 6) is 0.363. The molecule has 2 amide bonds. The van der Waals surface area contributed by atoms with Gasteiger partial charge in [-0.2, -0.15) is 0 Å². The number of aliphatic hydroxyl groups excluding tert-OH is 1. The van der Waals surface area contributed by atoms with Crippen molar-refractivity contribution in [1.82, 2.24) is 9.80 Å². The molecule has 0 saturated carbocycles. The Bertz CT molecular complexity index is 334. The van der Waals surface area contributed by atoms with Crippen molar-refractivity contribution in [1.29, 1.82) is 0 Å². The van der Waals surface area contributed by atoms with Gasteiger partial charge in [-0.25, -0.2) is 0 Å². The summed E-state index contributed by atoms with van der Waals surface area (Å²) >= 11 is 0. The van der Waals surface area contributed by atoms with Gasteiger partial charge in [0.15, 0.2) is 0 Å². The molecule has 0 radical (unpaired) electrons. The summed E-state index contributed by atoms with van der Waals surface area (Å²) in [7, 11) is 1.79. The molecule has 1 aliphatic rings. The Morgan fingerprint density at radius 2 is 1.80 bits per heavy atom. The zero-order valence-corrected chi connectivity index (χ0v) is 13.1. The van der Waals surface area contributed by atoms with Gasteiger partial charge in [0.25, 0.3) is 0 Å². The third-order valence-electron chi connectivity index (χ3n) is 3.91. The summed E-state index contributed by atoms with van der Waals surface area (Å²) in [6.07, 6.45) is 1.72. The molecular weight excluding hydrogens is 256 g/mol. The van der Waals surface area contributed by atoms with Crippen molar-refractivity contribution in [2.24, 2.45) is 11.8 Å². The second-order valence-corrected chi connectivity index (χ2v) is 6.15. The Kier molecular flexibility index (Phi) is 6.46. The minimum absolute atomic E-state index is 0.0187. The van der Waals surface area contributed by atoms with Gasteiger partial charge in [0, 0.05) is 38.5 Å². The van der Waals surface area contributed by atoms with Crippen molar-refractivity contribution in [2.75, 3.05) is 26.7 Å². The van der Waals surface area contributed by atoms with E-state index in [1.54, 1.807) is 18.9 Å². The van der Waals surface area contributed by atoms with E-state index >= 15 is 0 Å². The molecule has 0 aliphatic carbocycles. The Hall–Kier alpha value is -1.10. The van der Waals surface area contributed by atoms with Gasteiger partial charge in [-0.15, -0.1) is 0 Å². The lowest BCUT2D eigenvalue weighted by molar-refractivity contribution is -0.141. The lowest BCUT2D eigenvalue weighted by Crippen LogP contribution is -2.45. The van der Waals surface area contributed by atoms with E-state index in [9.17, 15) is 14.7 Å². The minimum atomic E-state index is -0.379. The number of aliphatic hydroxyl groups is 1. The Morgan fingerprint density at radius 3 is 2.25 bits per heavy atom. The molecule has 1 unspecified atom stereocenters. The van der Waals surface area contributed by atoms with E-state index in [1.807, 2.05) is 18.7 Å². The van der Waals surface area contributed by atoms with Gasteiger partial charge in [-0.05, 0) is 26.2 Å². The molecule has 1 rings (SSSR count). The molecule has 0 aromatic rings. The second-order valence-electron chi connectivity index (χ2n) is 6.15. The van der Waals surface area contributed by atoms with Gasteiger partial charge < -0.3 is 14.9 Å². The minimum Gasteiger partial charge on any atom is -0.393 e. The summed E-state index contributed by atoms with van der Waals surface area (Å²) in [5.41, 5.74) is 0. The number of carbonyl (C=O) groups is 2. The van der Waals surface area contributed by atoms with E-state index in [-0.39, 0.29) is 29.8 Å². The molecule has 5 heteroatoms. The fourth-order valence-electron chi connectivity index (χ4n) is 2.51. The van der Waals surface area contributed by atoms with Crippen molar-refractivity contribution >= 4 is 11.8 Å². The molecule has 1 N–H and O–H groups in total. The van der Waals surface area contributed by atoms with E-state index < -0.39 is 0 Å². The van der Waals surface area contributed by atoms with Crippen LogP contribution in [0.5, 0.6) is 0 Å². The summed E-state index contributed by atoms with van der Waals surface area (Å²) in [4.78, 5) is 27.7. The first-order chi connectivity index (χ1) is 9.32. The van der Waals surface area contributed by atoms with Crippen LogP contribution in [0.1, 0.15) is 40.0 Å². The van der Waals surface area contributed by atoms with Gasteiger partial charge in [0.05, 0.1) is 6.10 Å². The topological polar surface area (TPSA) is 60.9 Å². The van der Waals surface area contributed by atoms with Crippen LogP contribution < -0.4 is 0 Å². The van der Waals surface area contributed by atoms with Gasteiger partial charge in [-0.3, -0.25) is 9.59 Å². The Balaban J connectivity index is 2.40. The number of amides is 2. The highest BCUT2D eigenvalue weighted by Crippen LogP contribution is 2.20. The fraction of sp³-hybridized carbons (Fsp3) is 0.867. The lowest BCUT2D eigenvalue weighted by atomic mass is 9.94. The van der Waals surface area contributed by atoms with Crippen molar-refractivity contribution < 1.29 is 14.7 Å². The molecule has 0 aromatic carbocycles. The highest BCUT2D eigenvalue weighted by atomic mass is 16.3. The van der Waals surface area contributed by atoms with Crippen molar-refractivity contribution in [3.8, 4) is 0 Å². The quantitative estimate of drug-likeness (QED) is 0.822. The average molecular weight is 284 g/mol. The number of hydrogen-bond donors (Lipinski definition) is 1.